The van der Waals surface area contributed by atoms with Crippen molar-refractivity contribution in [2.45, 2.75) is 6.61 Å². The Morgan fingerprint density at radius 2 is 1.72 bits per heavy atom. The minimum atomic E-state index is -3.34. The summed E-state index contributed by atoms with van der Waals surface area (Å²) in [6.07, 6.45) is 0. The lowest BCUT2D eigenvalue weighted by Gasteiger charge is -2.26. The van der Waals surface area contributed by atoms with E-state index in [1.165, 1.54) is 4.67 Å². The highest BCUT2D eigenvalue weighted by Gasteiger charge is 2.26. The molecule has 0 aliphatic heterocycles. The van der Waals surface area contributed by atoms with Crippen molar-refractivity contribution in [3.05, 3.63) is 35.9 Å². The molecule has 102 valence electrons. The maximum atomic E-state index is 12.2. The van der Waals surface area contributed by atoms with Gasteiger partial charge in [0.25, 0.3) is 0 Å². The number of hydrogen-bond donors (Lipinski definition) is 1. The van der Waals surface area contributed by atoms with Crippen molar-refractivity contribution in [2.75, 3.05) is 24.8 Å². The van der Waals surface area contributed by atoms with Crippen LogP contribution in [-0.4, -0.2) is 29.5 Å². The third-order valence-electron chi connectivity index (χ3n) is 2.34. The maximum absolute atomic E-state index is 12.2. The molecular formula is C11H17Cl2N2O2P. The molecule has 0 radical (unpaired) electrons. The minimum Gasteiger partial charge on any atom is -0.301 e. The second kappa shape index (κ2) is 8.16. The summed E-state index contributed by atoms with van der Waals surface area (Å²) in [6.45, 7) is 0.976. The summed E-state index contributed by atoms with van der Waals surface area (Å²) in [7, 11) is -3.34. The van der Waals surface area contributed by atoms with Crippen molar-refractivity contribution < 1.29 is 9.09 Å². The zero-order valence-electron chi connectivity index (χ0n) is 9.97. The zero-order chi connectivity index (χ0) is 13.4. The zero-order valence-corrected chi connectivity index (χ0v) is 12.4. The van der Waals surface area contributed by atoms with E-state index in [9.17, 15) is 4.57 Å². The Balaban J connectivity index is 2.59. The van der Waals surface area contributed by atoms with Gasteiger partial charge in [0.15, 0.2) is 0 Å². The molecule has 7 heteroatoms. The monoisotopic (exact) mass is 310 g/mol. The van der Waals surface area contributed by atoms with E-state index >= 15 is 0 Å². The standard InChI is InChI=1S/C11H17Cl2N2O2P/c12-6-8-15(9-7-13)18(14,16)17-10-11-4-2-1-3-5-11/h1-5H,6-10H2,(H2,14,16). The average molecular weight is 311 g/mol. The molecular weight excluding hydrogens is 294 g/mol. The number of alkyl halides is 2. The molecule has 0 aromatic heterocycles. The first-order chi connectivity index (χ1) is 8.60. The first-order valence-corrected chi connectivity index (χ1v) is 8.26. The molecule has 0 spiro atoms. The Morgan fingerprint density at radius 3 is 2.22 bits per heavy atom. The van der Waals surface area contributed by atoms with Crippen LogP contribution < -0.4 is 5.50 Å². The normalized spacial score (nSPS) is 14.7. The second-order valence-electron chi connectivity index (χ2n) is 3.65. The van der Waals surface area contributed by atoms with Crippen LogP contribution in [0.2, 0.25) is 0 Å². The van der Waals surface area contributed by atoms with Crippen LogP contribution in [0.1, 0.15) is 5.56 Å². The summed E-state index contributed by atoms with van der Waals surface area (Å²) in [4.78, 5) is 0. The van der Waals surface area contributed by atoms with Gasteiger partial charge in [0, 0.05) is 24.8 Å². The molecule has 1 atom stereocenters. The van der Waals surface area contributed by atoms with Crippen LogP contribution in [0.4, 0.5) is 0 Å². The Kier molecular flexibility index (Phi) is 7.23. The van der Waals surface area contributed by atoms with Crippen LogP contribution in [0.5, 0.6) is 0 Å². The van der Waals surface area contributed by atoms with E-state index in [4.69, 9.17) is 33.2 Å². The number of rotatable bonds is 8. The van der Waals surface area contributed by atoms with Crippen molar-refractivity contribution >= 4 is 30.9 Å². The lowest BCUT2D eigenvalue weighted by atomic mass is 10.2. The molecule has 0 heterocycles. The molecule has 0 aliphatic carbocycles. The van der Waals surface area contributed by atoms with Gasteiger partial charge in [0.2, 0.25) is 0 Å². The summed E-state index contributed by atoms with van der Waals surface area (Å²) in [5.74, 6) is 0.652. The molecule has 1 aromatic carbocycles. The highest BCUT2D eigenvalue weighted by Crippen LogP contribution is 2.43. The van der Waals surface area contributed by atoms with Crippen molar-refractivity contribution in [2.24, 2.45) is 5.50 Å². The van der Waals surface area contributed by atoms with Crippen molar-refractivity contribution in [3.8, 4) is 0 Å². The fourth-order valence-corrected chi connectivity index (χ4v) is 3.31. The first-order valence-electron chi connectivity index (χ1n) is 5.54. The summed E-state index contributed by atoms with van der Waals surface area (Å²) in [6, 6.07) is 9.44. The van der Waals surface area contributed by atoms with E-state index in [0.717, 1.165) is 5.56 Å². The van der Waals surface area contributed by atoms with Gasteiger partial charge in [0.1, 0.15) is 0 Å². The molecule has 1 unspecified atom stereocenters. The Morgan fingerprint density at radius 1 is 1.17 bits per heavy atom. The number of nitrogens with zero attached hydrogens (tertiary/aromatic N) is 1. The van der Waals surface area contributed by atoms with Gasteiger partial charge in [-0.3, -0.25) is 4.57 Å². The van der Waals surface area contributed by atoms with Crippen molar-refractivity contribution in [1.82, 2.24) is 4.67 Å². The average Bonchev–Trinajstić information content (AvgIpc) is 2.37. The number of hydrogen-bond acceptors (Lipinski definition) is 2. The van der Waals surface area contributed by atoms with E-state index in [1.54, 1.807) is 0 Å². The van der Waals surface area contributed by atoms with Gasteiger partial charge in [-0.05, 0) is 5.56 Å². The maximum Gasteiger partial charge on any atom is 0.341 e. The van der Waals surface area contributed by atoms with Gasteiger partial charge in [-0.15, -0.1) is 23.2 Å². The predicted octanol–water partition coefficient (Wildman–Crippen LogP) is 3.05. The molecule has 18 heavy (non-hydrogen) atoms. The molecule has 4 nitrogen and oxygen atoms in total. The smallest absolute Gasteiger partial charge is 0.301 e. The highest BCUT2D eigenvalue weighted by atomic mass is 35.5. The molecule has 1 rings (SSSR count). The van der Waals surface area contributed by atoms with Crippen LogP contribution >= 0.6 is 30.9 Å². The molecule has 0 aliphatic rings. The van der Waals surface area contributed by atoms with E-state index in [1.807, 2.05) is 30.3 Å². The van der Waals surface area contributed by atoms with Crippen LogP contribution in [-0.2, 0) is 15.7 Å². The fraction of sp³-hybridized carbons (Fsp3) is 0.455. The van der Waals surface area contributed by atoms with Gasteiger partial charge in [-0.2, -0.15) is 0 Å². The molecule has 0 amide bonds. The van der Waals surface area contributed by atoms with E-state index in [2.05, 4.69) is 0 Å². The molecule has 0 saturated carbocycles. The van der Waals surface area contributed by atoms with Gasteiger partial charge in [-0.25, -0.2) is 10.2 Å². The number of nitrogens with two attached hydrogens (primary N) is 1. The molecule has 1 aromatic rings. The van der Waals surface area contributed by atoms with E-state index in [0.29, 0.717) is 24.8 Å². The third kappa shape index (κ3) is 5.27. The van der Waals surface area contributed by atoms with Gasteiger partial charge in [-0.1, -0.05) is 30.3 Å². The number of halogens is 2. The topological polar surface area (TPSA) is 55.6 Å². The Bertz CT molecular complexity index is 386. The van der Waals surface area contributed by atoms with Crippen molar-refractivity contribution in [3.63, 3.8) is 0 Å². The number of benzene rings is 1. The largest absolute Gasteiger partial charge is 0.341 e. The van der Waals surface area contributed by atoms with Crippen molar-refractivity contribution in [1.29, 1.82) is 0 Å². The Hall–Kier alpha value is -0.0900. The first kappa shape index (κ1) is 16.0. The van der Waals surface area contributed by atoms with Gasteiger partial charge < -0.3 is 4.52 Å². The van der Waals surface area contributed by atoms with Crippen LogP contribution in [0, 0.1) is 0 Å². The SMILES string of the molecule is NP(=O)(OCc1ccccc1)N(CCCl)CCCl. The predicted molar refractivity (Wildman–Crippen MR) is 76.0 cm³/mol. The molecule has 0 bridgehead atoms. The second-order valence-corrected chi connectivity index (χ2v) is 6.36. The summed E-state index contributed by atoms with van der Waals surface area (Å²) in [5, 5.41) is 0. The quantitative estimate of drug-likeness (QED) is 0.592. The van der Waals surface area contributed by atoms with E-state index in [-0.39, 0.29) is 6.61 Å². The lowest BCUT2D eigenvalue weighted by molar-refractivity contribution is 0.257. The highest BCUT2D eigenvalue weighted by molar-refractivity contribution is 7.53. The molecule has 2 N–H and O–H groups in total. The Labute approximate surface area is 118 Å². The van der Waals surface area contributed by atoms with E-state index < -0.39 is 7.67 Å². The summed E-state index contributed by atoms with van der Waals surface area (Å²) >= 11 is 11.3. The molecule has 0 fully saturated rings. The molecule has 0 saturated heterocycles. The third-order valence-corrected chi connectivity index (χ3v) is 4.36. The van der Waals surface area contributed by atoms with Gasteiger partial charge >= 0.3 is 7.67 Å². The van der Waals surface area contributed by atoms with Gasteiger partial charge in [0.05, 0.1) is 6.61 Å². The van der Waals surface area contributed by atoms with Crippen LogP contribution in [0.15, 0.2) is 30.3 Å². The van der Waals surface area contributed by atoms with Crippen LogP contribution in [0.25, 0.3) is 0 Å². The summed E-state index contributed by atoms with van der Waals surface area (Å²) < 4.78 is 19.1. The fourth-order valence-electron chi connectivity index (χ4n) is 1.41. The lowest BCUT2D eigenvalue weighted by Crippen LogP contribution is -2.29. The summed E-state index contributed by atoms with van der Waals surface area (Å²) in [5.41, 5.74) is 6.64. The van der Waals surface area contributed by atoms with Crippen LogP contribution in [0.3, 0.4) is 0 Å². The minimum absolute atomic E-state index is 0.204.